The van der Waals surface area contributed by atoms with Crippen molar-refractivity contribution >= 4 is 39.7 Å². The van der Waals surface area contributed by atoms with Gasteiger partial charge in [-0.05, 0) is 68.6 Å². The van der Waals surface area contributed by atoms with E-state index in [-0.39, 0.29) is 5.91 Å². The van der Waals surface area contributed by atoms with E-state index in [1.54, 1.807) is 17.0 Å². The van der Waals surface area contributed by atoms with E-state index in [1.807, 2.05) is 37.5 Å². The third-order valence-electron chi connectivity index (χ3n) is 6.66. The molecule has 3 heterocycles. The molecule has 0 saturated carbocycles. The molecule has 31 heavy (non-hydrogen) atoms. The first-order valence-electron chi connectivity index (χ1n) is 11.2. The largest absolute Gasteiger partial charge is 0.464 e. The Kier molecular flexibility index (Phi) is 5.59. The highest BCUT2D eigenvalue weighted by Gasteiger charge is 2.28. The van der Waals surface area contributed by atoms with Crippen molar-refractivity contribution in [2.24, 2.45) is 0 Å². The normalized spacial score (nSPS) is 19.2. The first kappa shape index (κ1) is 20.3. The van der Waals surface area contributed by atoms with E-state index in [0.717, 1.165) is 35.2 Å². The number of fused-ring (bicyclic) bond motifs is 2. The third kappa shape index (κ3) is 3.79. The molecule has 3 aromatic rings. The molecule has 1 amide bonds. The highest BCUT2D eigenvalue weighted by Crippen LogP contribution is 2.37. The molecule has 2 aromatic carbocycles. The van der Waals surface area contributed by atoms with Gasteiger partial charge < -0.3 is 9.32 Å². The van der Waals surface area contributed by atoms with Gasteiger partial charge in [-0.3, -0.25) is 9.69 Å². The van der Waals surface area contributed by atoms with Crippen molar-refractivity contribution in [1.82, 2.24) is 4.90 Å². The molecule has 5 rings (SSSR count). The average molecular weight is 435 g/mol. The molecule has 2 aliphatic rings. The molecule has 0 aliphatic carbocycles. The second kappa shape index (κ2) is 8.52. The number of amides is 1. The van der Waals surface area contributed by atoms with Crippen LogP contribution in [0.1, 0.15) is 48.5 Å². The highest BCUT2D eigenvalue weighted by molar-refractivity contribution is 6.34. The van der Waals surface area contributed by atoms with E-state index in [9.17, 15) is 4.79 Å². The van der Waals surface area contributed by atoms with Gasteiger partial charge in [0.05, 0.1) is 16.8 Å². The molecule has 0 bridgehead atoms. The summed E-state index contributed by atoms with van der Waals surface area (Å²) in [5.74, 6) is -0.0905. The first-order chi connectivity index (χ1) is 15.2. The maximum absolute atomic E-state index is 13.2. The maximum Gasteiger partial charge on any atom is 0.259 e. The van der Waals surface area contributed by atoms with Crippen molar-refractivity contribution in [3.63, 3.8) is 0 Å². The van der Waals surface area contributed by atoms with Gasteiger partial charge in [0.2, 0.25) is 0 Å². The molecule has 0 radical (unpaired) electrons. The number of halogens is 1. The molecule has 1 fully saturated rings. The second-order valence-corrected chi connectivity index (χ2v) is 8.84. The van der Waals surface area contributed by atoms with Crippen molar-refractivity contribution in [2.45, 2.75) is 38.6 Å². The minimum atomic E-state index is -0.0905. The number of nitrogens with zero attached hydrogens (tertiary/aromatic N) is 2. The summed E-state index contributed by atoms with van der Waals surface area (Å²) in [6.45, 7) is 4.76. The lowest BCUT2D eigenvalue weighted by Gasteiger charge is -2.38. The zero-order chi connectivity index (χ0) is 21.4. The van der Waals surface area contributed by atoms with Crippen molar-refractivity contribution < 1.29 is 9.21 Å². The van der Waals surface area contributed by atoms with Crippen LogP contribution in [0.4, 0.5) is 5.69 Å². The molecule has 5 heteroatoms. The van der Waals surface area contributed by atoms with E-state index < -0.39 is 0 Å². The fourth-order valence-electron chi connectivity index (χ4n) is 4.97. The summed E-state index contributed by atoms with van der Waals surface area (Å²) in [5.41, 5.74) is 4.75. The summed E-state index contributed by atoms with van der Waals surface area (Å²) in [4.78, 5) is 17.6. The van der Waals surface area contributed by atoms with Crippen LogP contribution in [0.3, 0.4) is 0 Å². The number of carbonyl (C=O) groups is 1. The molecule has 1 atom stereocenters. The quantitative estimate of drug-likeness (QED) is 0.477. The SMILES string of the molecule is CCN(C(=O)c1ccccc1Cl)c1ccc2occ(C3=CCN4CCCCC4C3)c2c1. The minimum absolute atomic E-state index is 0.0905. The molecule has 2 aliphatic heterocycles. The Morgan fingerprint density at radius 2 is 2.10 bits per heavy atom. The number of anilines is 1. The molecule has 0 spiro atoms. The summed E-state index contributed by atoms with van der Waals surface area (Å²) in [6, 6.07) is 13.8. The molecular formula is C26H27ClN2O2. The molecule has 1 saturated heterocycles. The Balaban J connectivity index is 1.49. The van der Waals surface area contributed by atoms with Crippen molar-refractivity contribution in [1.29, 1.82) is 0 Å². The fourth-order valence-corrected chi connectivity index (χ4v) is 5.19. The smallest absolute Gasteiger partial charge is 0.259 e. The Morgan fingerprint density at radius 3 is 2.94 bits per heavy atom. The monoisotopic (exact) mass is 434 g/mol. The standard InChI is InChI=1S/C26H27ClN2O2/c1-2-29(26(30)21-8-3-4-9-24(21)27)20-10-11-25-22(16-20)23(17-31-25)18-12-14-28-13-6-5-7-19(28)15-18/h3-4,8-12,16-17,19H,2,5-7,13-15H2,1H3. The zero-order valence-corrected chi connectivity index (χ0v) is 18.6. The minimum Gasteiger partial charge on any atom is -0.464 e. The van der Waals surface area contributed by atoms with E-state index in [2.05, 4.69) is 17.0 Å². The van der Waals surface area contributed by atoms with Crippen LogP contribution >= 0.6 is 11.6 Å². The number of hydrogen-bond acceptors (Lipinski definition) is 3. The fraction of sp³-hybridized carbons (Fsp3) is 0.346. The third-order valence-corrected chi connectivity index (χ3v) is 6.99. The van der Waals surface area contributed by atoms with E-state index >= 15 is 0 Å². The predicted octanol–water partition coefficient (Wildman–Crippen LogP) is 6.39. The van der Waals surface area contributed by atoms with E-state index in [0.29, 0.717) is 23.2 Å². The first-order valence-corrected chi connectivity index (χ1v) is 11.5. The number of carbonyl (C=O) groups excluding carboxylic acids is 1. The molecule has 4 nitrogen and oxygen atoms in total. The van der Waals surface area contributed by atoms with Gasteiger partial charge in [0.15, 0.2) is 0 Å². The summed E-state index contributed by atoms with van der Waals surface area (Å²) in [6.07, 6.45) is 9.20. The van der Waals surface area contributed by atoms with Gasteiger partial charge in [0.25, 0.3) is 5.91 Å². The summed E-state index contributed by atoms with van der Waals surface area (Å²) in [7, 11) is 0. The van der Waals surface area contributed by atoms with Gasteiger partial charge in [-0.25, -0.2) is 0 Å². The number of piperidine rings is 1. The number of benzene rings is 2. The molecular weight excluding hydrogens is 408 g/mol. The molecule has 0 N–H and O–H groups in total. The van der Waals surface area contributed by atoms with Crippen LogP contribution in [0.5, 0.6) is 0 Å². The second-order valence-electron chi connectivity index (χ2n) is 8.44. The van der Waals surface area contributed by atoms with Gasteiger partial charge in [-0.1, -0.05) is 36.2 Å². The predicted molar refractivity (Wildman–Crippen MR) is 127 cm³/mol. The van der Waals surface area contributed by atoms with Crippen LogP contribution in [0.2, 0.25) is 5.02 Å². The summed E-state index contributed by atoms with van der Waals surface area (Å²) in [5, 5.41) is 1.54. The zero-order valence-electron chi connectivity index (χ0n) is 17.8. The van der Waals surface area contributed by atoms with E-state index in [1.165, 1.54) is 31.4 Å². The van der Waals surface area contributed by atoms with Crippen molar-refractivity contribution in [3.05, 3.63) is 71.0 Å². The topological polar surface area (TPSA) is 36.7 Å². The number of rotatable bonds is 4. The average Bonchev–Trinajstić information content (AvgIpc) is 3.23. The Morgan fingerprint density at radius 1 is 1.23 bits per heavy atom. The molecule has 160 valence electrons. The van der Waals surface area contributed by atoms with Crippen LogP contribution in [-0.4, -0.2) is 36.5 Å². The molecule has 1 aromatic heterocycles. The van der Waals surface area contributed by atoms with Gasteiger partial charge in [-0.2, -0.15) is 0 Å². The van der Waals surface area contributed by atoms with E-state index in [4.69, 9.17) is 16.0 Å². The van der Waals surface area contributed by atoms with Crippen LogP contribution in [-0.2, 0) is 0 Å². The van der Waals surface area contributed by atoms with Crippen LogP contribution < -0.4 is 4.90 Å². The summed E-state index contributed by atoms with van der Waals surface area (Å²) >= 11 is 6.29. The number of furan rings is 1. The Hall–Kier alpha value is -2.56. The van der Waals surface area contributed by atoms with Crippen molar-refractivity contribution in [2.75, 3.05) is 24.5 Å². The lowest BCUT2D eigenvalue weighted by atomic mass is 9.89. The van der Waals surface area contributed by atoms with Crippen LogP contribution in [0.15, 0.2) is 59.2 Å². The van der Waals surface area contributed by atoms with Crippen LogP contribution in [0, 0.1) is 0 Å². The van der Waals surface area contributed by atoms with Gasteiger partial charge in [0, 0.05) is 35.8 Å². The van der Waals surface area contributed by atoms with Crippen LogP contribution in [0.25, 0.3) is 16.5 Å². The lowest BCUT2D eigenvalue weighted by Crippen LogP contribution is -2.41. The van der Waals surface area contributed by atoms with Crippen molar-refractivity contribution in [3.8, 4) is 0 Å². The maximum atomic E-state index is 13.2. The summed E-state index contributed by atoms with van der Waals surface area (Å²) < 4.78 is 5.89. The van der Waals surface area contributed by atoms with Gasteiger partial charge in [-0.15, -0.1) is 0 Å². The molecule has 1 unspecified atom stereocenters. The Bertz CT molecular complexity index is 1150. The van der Waals surface area contributed by atoms with Gasteiger partial charge >= 0.3 is 0 Å². The Labute approximate surface area is 188 Å². The van der Waals surface area contributed by atoms with Gasteiger partial charge in [0.1, 0.15) is 5.58 Å². The highest BCUT2D eigenvalue weighted by atomic mass is 35.5. The lowest BCUT2D eigenvalue weighted by molar-refractivity contribution is 0.0988. The number of hydrogen-bond donors (Lipinski definition) is 0.